The van der Waals surface area contributed by atoms with Crippen molar-refractivity contribution in [2.45, 2.75) is 19.1 Å². The lowest BCUT2D eigenvalue weighted by atomic mass is 10.0. The van der Waals surface area contributed by atoms with E-state index in [1.165, 1.54) is 11.3 Å². The molecular weight excluding hydrogens is 355 g/mol. The molecule has 0 bridgehead atoms. The van der Waals surface area contributed by atoms with Crippen LogP contribution in [0.4, 0.5) is 13.2 Å². The van der Waals surface area contributed by atoms with Gasteiger partial charge in [0.05, 0.1) is 10.6 Å². The summed E-state index contributed by atoms with van der Waals surface area (Å²) < 4.78 is 40.3. The van der Waals surface area contributed by atoms with Gasteiger partial charge in [-0.1, -0.05) is 0 Å². The van der Waals surface area contributed by atoms with Crippen LogP contribution >= 0.6 is 27.3 Å². The number of hydrogen-bond donors (Lipinski definition) is 1. The maximum atomic E-state index is 13.2. The molecule has 0 saturated heterocycles. The summed E-state index contributed by atoms with van der Waals surface area (Å²) in [7, 11) is 0. The van der Waals surface area contributed by atoms with Crippen LogP contribution in [0.2, 0.25) is 0 Å². The fourth-order valence-electron chi connectivity index (χ4n) is 2.12. The van der Waals surface area contributed by atoms with Crippen LogP contribution in [0.25, 0.3) is 10.7 Å². The first-order valence-corrected chi connectivity index (χ1v) is 7.54. The molecule has 0 saturated carbocycles. The zero-order valence-electron chi connectivity index (χ0n) is 10.1. The topological polar surface area (TPSA) is 37.8 Å². The zero-order chi connectivity index (χ0) is 14.3. The second kappa shape index (κ2) is 5.09. The number of nitrogens with zero attached hydrogens (tertiary/aromatic N) is 2. The number of hydrogen-bond acceptors (Lipinski definition) is 4. The molecular formula is C12H9BrF3N3S. The SMILES string of the molecule is FC(F)(F)c1nc(-c2cc(Br)cs2)nc2c1CNCC2. The van der Waals surface area contributed by atoms with Crippen molar-refractivity contribution in [3.63, 3.8) is 0 Å². The molecule has 106 valence electrons. The number of alkyl halides is 3. The standard InChI is InChI=1S/C12H9BrF3N3S/c13-6-3-9(20-5-6)11-18-8-1-2-17-4-7(8)10(19-11)12(14,15)16/h3,5,17H,1-2,4H2. The molecule has 0 aromatic carbocycles. The second-order valence-corrected chi connectivity index (χ2v) is 6.20. The number of aromatic nitrogens is 2. The molecule has 3 rings (SSSR count). The van der Waals surface area contributed by atoms with Gasteiger partial charge >= 0.3 is 6.18 Å². The highest BCUT2D eigenvalue weighted by atomic mass is 79.9. The third-order valence-corrected chi connectivity index (χ3v) is 4.68. The number of fused-ring (bicyclic) bond motifs is 1. The van der Waals surface area contributed by atoms with Crippen LogP contribution in [0, 0.1) is 0 Å². The normalized spacial score (nSPS) is 15.2. The van der Waals surface area contributed by atoms with Gasteiger partial charge in [-0.05, 0) is 22.0 Å². The molecule has 2 aromatic rings. The Kier molecular flexibility index (Phi) is 3.55. The van der Waals surface area contributed by atoms with Gasteiger partial charge in [0.25, 0.3) is 0 Å². The highest BCUT2D eigenvalue weighted by Gasteiger charge is 2.38. The number of thiophene rings is 1. The Morgan fingerprint density at radius 3 is 2.75 bits per heavy atom. The third kappa shape index (κ3) is 2.59. The van der Waals surface area contributed by atoms with E-state index in [4.69, 9.17) is 0 Å². The predicted octanol–water partition coefficient (Wildman–Crippen LogP) is 3.63. The largest absolute Gasteiger partial charge is 0.433 e. The lowest BCUT2D eigenvalue weighted by molar-refractivity contribution is -0.142. The van der Waals surface area contributed by atoms with Crippen molar-refractivity contribution in [2.75, 3.05) is 6.54 Å². The summed E-state index contributed by atoms with van der Waals surface area (Å²) in [5, 5.41) is 4.73. The first-order valence-electron chi connectivity index (χ1n) is 5.87. The predicted molar refractivity (Wildman–Crippen MR) is 73.5 cm³/mol. The van der Waals surface area contributed by atoms with Crippen molar-refractivity contribution >= 4 is 27.3 Å². The van der Waals surface area contributed by atoms with E-state index in [9.17, 15) is 13.2 Å². The van der Waals surface area contributed by atoms with E-state index < -0.39 is 11.9 Å². The smallest absolute Gasteiger partial charge is 0.312 e. The minimum absolute atomic E-state index is 0.147. The van der Waals surface area contributed by atoms with Gasteiger partial charge in [-0.2, -0.15) is 13.2 Å². The second-order valence-electron chi connectivity index (χ2n) is 4.37. The molecule has 20 heavy (non-hydrogen) atoms. The van der Waals surface area contributed by atoms with Crippen molar-refractivity contribution in [3.05, 3.63) is 32.9 Å². The van der Waals surface area contributed by atoms with Gasteiger partial charge in [-0.3, -0.25) is 0 Å². The molecule has 0 unspecified atom stereocenters. The summed E-state index contributed by atoms with van der Waals surface area (Å²) >= 11 is 4.60. The summed E-state index contributed by atoms with van der Waals surface area (Å²) in [5.41, 5.74) is -0.164. The van der Waals surface area contributed by atoms with Gasteiger partial charge in [-0.25, -0.2) is 9.97 Å². The molecule has 0 amide bonds. The van der Waals surface area contributed by atoms with Crippen LogP contribution < -0.4 is 5.32 Å². The van der Waals surface area contributed by atoms with Crippen molar-refractivity contribution in [1.29, 1.82) is 0 Å². The van der Waals surface area contributed by atoms with Crippen molar-refractivity contribution in [1.82, 2.24) is 15.3 Å². The number of nitrogens with one attached hydrogen (secondary N) is 1. The lowest BCUT2D eigenvalue weighted by Crippen LogP contribution is -2.29. The van der Waals surface area contributed by atoms with Gasteiger partial charge < -0.3 is 5.32 Å². The highest BCUT2D eigenvalue weighted by Crippen LogP contribution is 2.35. The van der Waals surface area contributed by atoms with Crippen LogP contribution in [-0.4, -0.2) is 16.5 Å². The van der Waals surface area contributed by atoms with Crippen LogP contribution in [0.1, 0.15) is 17.0 Å². The lowest BCUT2D eigenvalue weighted by Gasteiger charge is -2.20. The molecule has 8 heteroatoms. The summed E-state index contributed by atoms with van der Waals surface area (Å²) in [6.45, 7) is 0.799. The van der Waals surface area contributed by atoms with Gasteiger partial charge in [0.15, 0.2) is 11.5 Å². The minimum Gasteiger partial charge on any atom is -0.312 e. The van der Waals surface area contributed by atoms with E-state index in [1.807, 2.05) is 0 Å². The Hall–Kier alpha value is -0.990. The molecule has 0 spiro atoms. The third-order valence-electron chi connectivity index (χ3n) is 2.99. The van der Waals surface area contributed by atoms with E-state index in [0.717, 1.165) is 4.47 Å². The average molecular weight is 364 g/mol. The van der Waals surface area contributed by atoms with Gasteiger partial charge in [-0.15, -0.1) is 11.3 Å². The molecule has 0 atom stereocenters. The van der Waals surface area contributed by atoms with Crippen LogP contribution in [0.15, 0.2) is 15.9 Å². The van der Waals surface area contributed by atoms with Gasteiger partial charge in [0, 0.05) is 34.9 Å². The highest BCUT2D eigenvalue weighted by molar-refractivity contribution is 9.10. The molecule has 0 radical (unpaired) electrons. The maximum Gasteiger partial charge on any atom is 0.433 e. The zero-order valence-corrected chi connectivity index (χ0v) is 12.5. The van der Waals surface area contributed by atoms with E-state index in [2.05, 4.69) is 31.2 Å². The van der Waals surface area contributed by atoms with E-state index in [1.54, 1.807) is 11.4 Å². The molecule has 0 aliphatic carbocycles. The quantitative estimate of drug-likeness (QED) is 0.840. The molecule has 3 nitrogen and oxygen atoms in total. The molecule has 1 aliphatic rings. The van der Waals surface area contributed by atoms with Crippen molar-refractivity contribution in [2.24, 2.45) is 0 Å². The Balaban J connectivity index is 2.18. The Bertz CT molecular complexity index is 654. The molecule has 2 aromatic heterocycles. The van der Waals surface area contributed by atoms with Crippen LogP contribution in [0.5, 0.6) is 0 Å². The maximum absolute atomic E-state index is 13.2. The molecule has 0 fully saturated rings. The van der Waals surface area contributed by atoms with E-state index in [-0.39, 0.29) is 17.9 Å². The number of rotatable bonds is 1. The summed E-state index contributed by atoms with van der Waals surface area (Å²) in [6, 6.07) is 1.73. The first-order chi connectivity index (χ1) is 9.45. The van der Waals surface area contributed by atoms with Gasteiger partial charge in [0.2, 0.25) is 0 Å². The molecule has 3 heterocycles. The Labute approximate surface area is 125 Å². The first kappa shape index (κ1) is 14.0. The van der Waals surface area contributed by atoms with Crippen molar-refractivity contribution < 1.29 is 13.2 Å². The van der Waals surface area contributed by atoms with E-state index >= 15 is 0 Å². The fraction of sp³-hybridized carbons (Fsp3) is 0.333. The van der Waals surface area contributed by atoms with Crippen LogP contribution in [-0.2, 0) is 19.1 Å². The Morgan fingerprint density at radius 2 is 2.10 bits per heavy atom. The van der Waals surface area contributed by atoms with Crippen molar-refractivity contribution in [3.8, 4) is 10.7 Å². The van der Waals surface area contributed by atoms with E-state index in [0.29, 0.717) is 23.5 Å². The molecule has 1 aliphatic heterocycles. The minimum atomic E-state index is -4.46. The monoisotopic (exact) mass is 363 g/mol. The van der Waals surface area contributed by atoms with Gasteiger partial charge in [0.1, 0.15) is 0 Å². The fourth-order valence-corrected chi connectivity index (χ4v) is 3.48. The summed E-state index contributed by atoms with van der Waals surface area (Å²) in [4.78, 5) is 8.69. The summed E-state index contributed by atoms with van der Waals surface area (Å²) in [5.74, 6) is 0.147. The van der Waals surface area contributed by atoms with Crippen LogP contribution in [0.3, 0.4) is 0 Å². The summed E-state index contributed by atoms with van der Waals surface area (Å²) in [6.07, 6.45) is -3.98. The molecule has 1 N–H and O–H groups in total. The average Bonchev–Trinajstić information content (AvgIpc) is 2.83. The Morgan fingerprint density at radius 1 is 1.30 bits per heavy atom. The number of halogens is 4.